The number of carbonyl (C=O) groups excluding carboxylic acids is 1. The van der Waals surface area contributed by atoms with E-state index in [1.807, 2.05) is 6.92 Å². The maximum Gasteiger partial charge on any atom is 0.586 e. The summed E-state index contributed by atoms with van der Waals surface area (Å²) in [6.07, 6.45) is -2.66. The number of hydrogen-bond donors (Lipinski definition) is 2. The standard InChI is InChI=1S/C13H16F2N2O3/c1-8(7-16)2-5-12(18)17-9-3-4-10-11(6-9)20-13(14,15)19-10/h3-4,6,8H,2,5,7,16H2,1H3,(H,17,18). The van der Waals surface area contributed by atoms with Crippen LogP contribution in [-0.2, 0) is 4.79 Å². The van der Waals surface area contributed by atoms with Crippen molar-refractivity contribution in [1.82, 2.24) is 0 Å². The molecule has 110 valence electrons. The van der Waals surface area contributed by atoms with Gasteiger partial charge in [-0.15, -0.1) is 8.78 Å². The van der Waals surface area contributed by atoms with Gasteiger partial charge in [0.05, 0.1) is 0 Å². The Hall–Kier alpha value is -1.89. The van der Waals surface area contributed by atoms with Crippen molar-refractivity contribution in [2.75, 3.05) is 11.9 Å². The van der Waals surface area contributed by atoms with Gasteiger partial charge in [0.15, 0.2) is 11.5 Å². The summed E-state index contributed by atoms with van der Waals surface area (Å²) in [5.74, 6) is -0.0833. The molecule has 0 bridgehead atoms. The van der Waals surface area contributed by atoms with Crippen molar-refractivity contribution in [3.8, 4) is 11.5 Å². The number of halogens is 2. The number of anilines is 1. The number of hydrogen-bond acceptors (Lipinski definition) is 4. The first-order chi connectivity index (χ1) is 9.39. The van der Waals surface area contributed by atoms with Gasteiger partial charge in [0, 0.05) is 18.2 Å². The largest absolute Gasteiger partial charge is 0.586 e. The summed E-state index contributed by atoms with van der Waals surface area (Å²) in [6.45, 7) is 2.47. The van der Waals surface area contributed by atoms with Crippen molar-refractivity contribution in [2.45, 2.75) is 26.1 Å². The van der Waals surface area contributed by atoms with Crippen LogP contribution in [-0.4, -0.2) is 18.7 Å². The molecule has 0 aromatic heterocycles. The lowest BCUT2D eigenvalue weighted by Crippen LogP contribution is -2.25. The molecule has 1 atom stereocenters. The average molecular weight is 286 g/mol. The van der Waals surface area contributed by atoms with Crippen LogP contribution in [0.3, 0.4) is 0 Å². The van der Waals surface area contributed by atoms with Gasteiger partial charge in [-0.2, -0.15) is 0 Å². The van der Waals surface area contributed by atoms with Gasteiger partial charge in [0.1, 0.15) is 0 Å². The number of alkyl halides is 2. The molecule has 1 aliphatic heterocycles. The van der Waals surface area contributed by atoms with E-state index in [-0.39, 0.29) is 23.3 Å². The number of benzene rings is 1. The minimum Gasteiger partial charge on any atom is -0.395 e. The van der Waals surface area contributed by atoms with Crippen molar-refractivity contribution >= 4 is 11.6 Å². The predicted molar refractivity (Wildman–Crippen MR) is 68.7 cm³/mol. The summed E-state index contributed by atoms with van der Waals surface area (Å²) in [5.41, 5.74) is 5.85. The summed E-state index contributed by atoms with van der Waals surface area (Å²) < 4.78 is 34.2. The average Bonchev–Trinajstić information content (AvgIpc) is 2.69. The quantitative estimate of drug-likeness (QED) is 0.871. The number of nitrogens with two attached hydrogens (primary N) is 1. The van der Waals surface area contributed by atoms with Crippen LogP contribution in [0.2, 0.25) is 0 Å². The molecule has 1 unspecified atom stereocenters. The molecule has 0 aliphatic carbocycles. The van der Waals surface area contributed by atoms with E-state index in [0.29, 0.717) is 25.1 Å². The molecule has 3 N–H and O–H groups in total. The molecule has 1 aromatic rings. The fourth-order valence-corrected chi connectivity index (χ4v) is 1.75. The second-order valence-corrected chi connectivity index (χ2v) is 4.76. The van der Waals surface area contributed by atoms with Gasteiger partial charge < -0.3 is 20.5 Å². The Bertz CT molecular complexity index is 508. The smallest absolute Gasteiger partial charge is 0.395 e. The van der Waals surface area contributed by atoms with Gasteiger partial charge in [0.25, 0.3) is 0 Å². The normalized spacial score (nSPS) is 16.8. The molecular formula is C13H16F2N2O3. The topological polar surface area (TPSA) is 73.6 Å². The van der Waals surface area contributed by atoms with Gasteiger partial charge in [0.2, 0.25) is 5.91 Å². The number of rotatable bonds is 5. The van der Waals surface area contributed by atoms with Crippen LogP contribution in [0, 0.1) is 5.92 Å². The minimum absolute atomic E-state index is 0.0512. The summed E-state index contributed by atoms with van der Waals surface area (Å²) in [7, 11) is 0. The third-order valence-electron chi connectivity index (χ3n) is 2.95. The zero-order valence-corrected chi connectivity index (χ0v) is 11.0. The number of carbonyl (C=O) groups is 1. The van der Waals surface area contributed by atoms with Crippen LogP contribution < -0.4 is 20.5 Å². The minimum atomic E-state index is -3.65. The fourth-order valence-electron chi connectivity index (χ4n) is 1.75. The first-order valence-electron chi connectivity index (χ1n) is 6.29. The molecule has 1 heterocycles. The zero-order valence-electron chi connectivity index (χ0n) is 11.0. The van der Waals surface area contributed by atoms with E-state index in [0.717, 1.165) is 0 Å². The summed E-state index contributed by atoms with van der Waals surface area (Å²) >= 11 is 0. The molecular weight excluding hydrogens is 270 g/mol. The van der Waals surface area contributed by atoms with Crippen molar-refractivity contribution in [3.05, 3.63) is 18.2 Å². The van der Waals surface area contributed by atoms with E-state index in [2.05, 4.69) is 14.8 Å². The fraction of sp³-hybridized carbons (Fsp3) is 0.462. The highest BCUT2D eigenvalue weighted by atomic mass is 19.3. The molecule has 20 heavy (non-hydrogen) atoms. The van der Waals surface area contributed by atoms with Gasteiger partial charge in [-0.1, -0.05) is 6.92 Å². The second kappa shape index (κ2) is 5.62. The van der Waals surface area contributed by atoms with Crippen molar-refractivity contribution in [3.63, 3.8) is 0 Å². The highest BCUT2D eigenvalue weighted by Gasteiger charge is 2.43. The summed E-state index contributed by atoms with van der Waals surface area (Å²) in [4.78, 5) is 11.7. The Morgan fingerprint density at radius 3 is 2.80 bits per heavy atom. The third-order valence-corrected chi connectivity index (χ3v) is 2.95. The Morgan fingerprint density at radius 1 is 1.40 bits per heavy atom. The molecule has 7 heteroatoms. The molecule has 0 saturated heterocycles. The molecule has 0 saturated carbocycles. The van der Waals surface area contributed by atoms with E-state index in [1.54, 1.807) is 0 Å². The third kappa shape index (κ3) is 3.57. The Kier molecular flexibility index (Phi) is 4.08. The van der Waals surface area contributed by atoms with Crippen LogP contribution >= 0.6 is 0 Å². The lowest BCUT2D eigenvalue weighted by molar-refractivity contribution is -0.286. The number of fused-ring (bicyclic) bond motifs is 1. The lowest BCUT2D eigenvalue weighted by atomic mass is 10.1. The number of amides is 1. The van der Waals surface area contributed by atoms with E-state index < -0.39 is 6.29 Å². The van der Waals surface area contributed by atoms with Gasteiger partial charge >= 0.3 is 6.29 Å². The van der Waals surface area contributed by atoms with Crippen molar-refractivity contribution in [1.29, 1.82) is 0 Å². The van der Waals surface area contributed by atoms with Crippen molar-refractivity contribution < 1.29 is 23.0 Å². The molecule has 2 rings (SSSR count). The maximum atomic E-state index is 12.8. The number of nitrogens with one attached hydrogen (secondary N) is 1. The maximum absolute atomic E-state index is 12.8. The van der Waals surface area contributed by atoms with E-state index in [9.17, 15) is 13.6 Å². The zero-order chi connectivity index (χ0) is 14.8. The van der Waals surface area contributed by atoms with E-state index in [4.69, 9.17) is 5.73 Å². The van der Waals surface area contributed by atoms with Crippen LogP contribution in [0.15, 0.2) is 18.2 Å². The molecule has 1 amide bonds. The molecule has 1 aliphatic rings. The summed E-state index contributed by atoms with van der Waals surface area (Å²) in [6, 6.07) is 4.11. The van der Waals surface area contributed by atoms with E-state index >= 15 is 0 Å². The monoisotopic (exact) mass is 286 g/mol. The van der Waals surface area contributed by atoms with Crippen molar-refractivity contribution in [2.24, 2.45) is 11.7 Å². The summed E-state index contributed by atoms with van der Waals surface area (Å²) in [5, 5.41) is 2.62. The SMILES string of the molecule is CC(CN)CCC(=O)Nc1ccc2c(c1)OC(F)(F)O2. The Labute approximate surface area is 115 Å². The second-order valence-electron chi connectivity index (χ2n) is 4.76. The molecule has 0 fully saturated rings. The highest BCUT2D eigenvalue weighted by molar-refractivity contribution is 5.91. The first kappa shape index (κ1) is 14.5. The predicted octanol–water partition coefficient (Wildman–Crippen LogP) is 2.32. The molecule has 1 aromatic carbocycles. The van der Waals surface area contributed by atoms with Gasteiger partial charge in [-0.3, -0.25) is 4.79 Å². The molecule has 0 spiro atoms. The first-order valence-corrected chi connectivity index (χ1v) is 6.29. The van der Waals surface area contributed by atoms with Crippen LogP contribution in [0.5, 0.6) is 11.5 Å². The van der Waals surface area contributed by atoms with Gasteiger partial charge in [-0.25, -0.2) is 0 Å². The highest BCUT2D eigenvalue weighted by Crippen LogP contribution is 2.42. The lowest BCUT2D eigenvalue weighted by Gasteiger charge is -2.09. The van der Waals surface area contributed by atoms with Crippen LogP contribution in [0.4, 0.5) is 14.5 Å². The van der Waals surface area contributed by atoms with Crippen LogP contribution in [0.1, 0.15) is 19.8 Å². The van der Waals surface area contributed by atoms with Gasteiger partial charge in [-0.05, 0) is 31.0 Å². The van der Waals surface area contributed by atoms with Crippen LogP contribution in [0.25, 0.3) is 0 Å². The van der Waals surface area contributed by atoms with E-state index in [1.165, 1.54) is 18.2 Å². The number of ether oxygens (including phenoxy) is 2. The molecule has 0 radical (unpaired) electrons. The Morgan fingerprint density at radius 2 is 2.10 bits per heavy atom. The Balaban J connectivity index is 1.93. The molecule has 5 nitrogen and oxygen atoms in total.